The van der Waals surface area contributed by atoms with E-state index >= 15 is 0 Å². The molecule has 10 heteroatoms. The third-order valence-electron chi connectivity index (χ3n) is 4.69. The second-order valence-electron chi connectivity index (χ2n) is 6.93. The normalized spacial score (nSPS) is 17.7. The number of carbonyl (C=O) groups excluding carboxylic acids is 2. The van der Waals surface area contributed by atoms with Crippen LogP contribution in [0.3, 0.4) is 0 Å². The summed E-state index contributed by atoms with van der Waals surface area (Å²) in [6, 6.07) is 4.07. The van der Waals surface area contributed by atoms with Gasteiger partial charge in [0.1, 0.15) is 0 Å². The van der Waals surface area contributed by atoms with Crippen molar-refractivity contribution in [2.24, 2.45) is 16.6 Å². The number of amides is 2. The number of guanidine groups is 1. The molecule has 0 bridgehead atoms. The summed E-state index contributed by atoms with van der Waals surface area (Å²) in [7, 11) is 1.65. The van der Waals surface area contributed by atoms with Crippen molar-refractivity contribution < 1.29 is 22.8 Å². The van der Waals surface area contributed by atoms with Gasteiger partial charge in [-0.15, -0.1) is 0 Å². The maximum atomic E-state index is 12.6. The van der Waals surface area contributed by atoms with Crippen molar-refractivity contribution in [2.75, 3.05) is 33.2 Å². The van der Waals surface area contributed by atoms with Crippen LogP contribution in [0.2, 0.25) is 0 Å². The number of hydrogen-bond acceptors (Lipinski definition) is 3. The van der Waals surface area contributed by atoms with E-state index in [0.29, 0.717) is 25.5 Å². The number of aliphatic imine (C=N–C) groups is 1. The highest BCUT2D eigenvalue weighted by atomic mass is 19.4. The molecule has 29 heavy (non-hydrogen) atoms. The van der Waals surface area contributed by atoms with E-state index < -0.39 is 17.6 Å². The Morgan fingerprint density at radius 3 is 2.45 bits per heavy atom. The van der Waals surface area contributed by atoms with E-state index in [0.717, 1.165) is 43.7 Å². The number of rotatable bonds is 6. The van der Waals surface area contributed by atoms with Crippen molar-refractivity contribution in [3.05, 3.63) is 35.4 Å². The molecule has 1 fully saturated rings. The van der Waals surface area contributed by atoms with Crippen LogP contribution >= 0.6 is 0 Å². The lowest BCUT2D eigenvalue weighted by Crippen LogP contribution is -2.48. The van der Waals surface area contributed by atoms with Crippen LogP contribution < -0.4 is 16.4 Å². The summed E-state index contributed by atoms with van der Waals surface area (Å²) in [4.78, 5) is 29.5. The van der Waals surface area contributed by atoms with Gasteiger partial charge in [-0.1, -0.05) is 0 Å². The summed E-state index contributed by atoms with van der Waals surface area (Å²) < 4.78 is 37.7. The average molecular weight is 413 g/mol. The molecule has 1 unspecified atom stereocenters. The van der Waals surface area contributed by atoms with E-state index in [1.165, 1.54) is 0 Å². The minimum Gasteiger partial charge on any atom is -0.370 e. The number of piperidine rings is 1. The van der Waals surface area contributed by atoms with E-state index in [4.69, 9.17) is 5.73 Å². The van der Waals surface area contributed by atoms with Crippen LogP contribution in [0.1, 0.15) is 35.2 Å². The number of primary amides is 1. The minimum absolute atomic E-state index is 0.160. The lowest BCUT2D eigenvalue weighted by Gasteiger charge is -2.34. The van der Waals surface area contributed by atoms with Crippen LogP contribution in [0, 0.1) is 5.92 Å². The van der Waals surface area contributed by atoms with Crippen molar-refractivity contribution in [2.45, 2.75) is 25.4 Å². The molecule has 0 spiro atoms. The highest BCUT2D eigenvalue weighted by Gasteiger charge is 2.30. The van der Waals surface area contributed by atoms with Crippen molar-refractivity contribution in [1.82, 2.24) is 15.5 Å². The van der Waals surface area contributed by atoms with Crippen molar-refractivity contribution in [3.63, 3.8) is 0 Å². The number of hydrogen-bond donors (Lipinski definition) is 3. The van der Waals surface area contributed by atoms with Crippen LogP contribution in [0.4, 0.5) is 13.2 Å². The van der Waals surface area contributed by atoms with Crippen LogP contribution in [0.25, 0.3) is 0 Å². The Labute approximate surface area is 167 Å². The zero-order valence-corrected chi connectivity index (χ0v) is 16.3. The Kier molecular flexibility index (Phi) is 7.86. The average Bonchev–Trinajstić information content (AvgIpc) is 2.67. The number of halogens is 3. The van der Waals surface area contributed by atoms with Gasteiger partial charge < -0.3 is 21.3 Å². The van der Waals surface area contributed by atoms with Crippen LogP contribution in [-0.4, -0.2) is 55.9 Å². The van der Waals surface area contributed by atoms with Crippen LogP contribution in [-0.2, 0) is 11.0 Å². The molecule has 1 saturated heterocycles. The van der Waals surface area contributed by atoms with E-state index in [9.17, 15) is 22.8 Å². The predicted octanol–water partition coefficient (Wildman–Crippen LogP) is 1.60. The Balaban J connectivity index is 1.78. The molecule has 0 saturated carbocycles. The zero-order valence-electron chi connectivity index (χ0n) is 16.3. The fraction of sp³-hybridized carbons (Fsp3) is 0.526. The molecular formula is C19H26F3N5O2. The third kappa shape index (κ3) is 6.95. The van der Waals surface area contributed by atoms with E-state index in [1.54, 1.807) is 7.05 Å². The second-order valence-corrected chi connectivity index (χ2v) is 6.93. The van der Waals surface area contributed by atoms with Gasteiger partial charge in [0.25, 0.3) is 5.91 Å². The Hall–Kier alpha value is -2.78. The van der Waals surface area contributed by atoms with Gasteiger partial charge in [0.15, 0.2) is 5.96 Å². The highest BCUT2D eigenvalue weighted by molar-refractivity contribution is 5.94. The fourth-order valence-corrected chi connectivity index (χ4v) is 3.30. The van der Waals surface area contributed by atoms with E-state index in [-0.39, 0.29) is 23.9 Å². The van der Waals surface area contributed by atoms with Gasteiger partial charge in [-0.2, -0.15) is 13.2 Å². The number of likely N-dealkylation sites (tertiary alicyclic amines) is 1. The van der Waals surface area contributed by atoms with Crippen LogP contribution in [0.15, 0.2) is 29.3 Å². The first kappa shape index (κ1) is 22.5. The molecule has 0 radical (unpaired) electrons. The Morgan fingerprint density at radius 1 is 1.21 bits per heavy atom. The summed E-state index contributed by atoms with van der Waals surface area (Å²) in [5, 5.41) is 5.80. The molecule has 1 aromatic carbocycles. The molecule has 7 nitrogen and oxygen atoms in total. The molecule has 4 N–H and O–H groups in total. The summed E-state index contributed by atoms with van der Waals surface area (Å²) in [5.74, 6) is 0.0999. The quantitative estimate of drug-likeness (QED) is 0.375. The largest absolute Gasteiger partial charge is 0.416 e. The molecular weight excluding hydrogens is 387 g/mol. The topological polar surface area (TPSA) is 99.8 Å². The van der Waals surface area contributed by atoms with Gasteiger partial charge in [0, 0.05) is 45.2 Å². The van der Waals surface area contributed by atoms with Gasteiger partial charge in [0.2, 0.25) is 5.91 Å². The first-order valence-electron chi connectivity index (χ1n) is 9.40. The van der Waals surface area contributed by atoms with Gasteiger partial charge in [0.05, 0.1) is 5.56 Å². The van der Waals surface area contributed by atoms with Crippen molar-refractivity contribution >= 4 is 17.8 Å². The number of benzene rings is 1. The summed E-state index contributed by atoms with van der Waals surface area (Å²) in [6.07, 6.45) is -2.21. The zero-order chi connectivity index (χ0) is 21.4. The molecule has 160 valence electrons. The van der Waals surface area contributed by atoms with Crippen molar-refractivity contribution in [3.8, 4) is 0 Å². The molecule has 1 aromatic rings. The number of nitrogens with one attached hydrogen (secondary N) is 2. The molecule has 2 rings (SSSR count). The SMILES string of the molecule is CN=C(NCCNC(=O)c1ccc(C(F)(F)F)cc1)N1CCCC(CC(N)=O)C1. The number of nitrogens with zero attached hydrogens (tertiary/aromatic N) is 2. The maximum absolute atomic E-state index is 12.6. The molecule has 1 atom stereocenters. The maximum Gasteiger partial charge on any atom is 0.416 e. The van der Waals surface area contributed by atoms with Gasteiger partial charge >= 0.3 is 6.18 Å². The van der Waals surface area contributed by atoms with Crippen LogP contribution in [0.5, 0.6) is 0 Å². The predicted molar refractivity (Wildman–Crippen MR) is 103 cm³/mol. The van der Waals surface area contributed by atoms with Gasteiger partial charge in [-0.25, -0.2) is 0 Å². The first-order valence-corrected chi connectivity index (χ1v) is 9.40. The highest BCUT2D eigenvalue weighted by Crippen LogP contribution is 2.29. The molecule has 2 amide bonds. The monoisotopic (exact) mass is 413 g/mol. The lowest BCUT2D eigenvalue weighted by molar-refractivity contribution is -0.137. The summed E-state index contributed by atoms with van der Waals surface area (Å²) in [6.45, 7) is 2.17. The second kappa shape index (κ2) is 10.1. The molecule has 0 aliphatic carbocycles. The summed E-state index contributed by atoms with van der Waals surface area (Å²) in [5.41, 5.74) is 4.65. The van der Waals surface area contributed by atoms with Gasteiger partial charge in [-0.05, 0) is 43.0 Å². The molecule has 1 aliphatic rings. The number of nitrogens with two attached hydrogens (primary N) is 1. The third-order valence-corrected chi connectivity index (χ3v) is 4.69. The molecule has 1 heterocycles. The summed E-state index contributed by atoms with van der Waals surface area (Å²) >= 11 is 0. The van der Waals surface area contributed by atoms with E-state index in [1.807, 2.05) is 0 Å². The molecule has 1 aliphatic heterocycles. The van der Waals surface area contributed by atoms with Crippen molar-refractivity contribution in [1.29, 1.82) is 0 Å². The number of alkyl halides is 3. The standard InChI is InChI=1S/C19H26F3N5O2/c1-24-18(27-10-2-3-13(12-27)11-16(23)28)26-9-8-25-17(29)14-4-6-15(7-5-14)19(20,21)22/h4-7,13H,2-3,8-12H2,1H3,(H2,23,28)(H,24,26)(H,25,29). The van der Waals surface area contributed by atoms with Gasteiger partial charge in [-0.3, -0.25) is 14.6 Å². The fourth-order valence-electron chi connectivity index (χ4n) is 3.30. The minimum atomic E-state index is -4.43. The Morgan fingerprint density at radius 2 is 1.86 bits per heavy atom. The Bertz CT molecular complexity index is 734. The first-order chi connectivity index (χ1) is 13.7. The smallest absolute Gasteiger partial charge is 0.370 e. The number of carbonyl (C=O) groups is 2. The molecule has 0 aromatic heterocycles. The lowest BCUT2D eigenvalue weighted by atomic mass is 9.95. The van der Waals surface area contributed by atoms with E-state index in [2.05, 4.69) is 20.5 Å².